The summed E-state index contributed by atoms with van der Waals surface area (Å²) >= 11 is 7.96. The molecule has 1 aliphatic rings. The Hall–Kier alpha value is -0.900. The first-order valence-electron chi connectivity index (χ1n) is 10.3. The van der Waals surface area contributed by atoms with E-state index in [1.807, 2.05) is 12.1 Å². The number of nitrogens with one attached hydrogen (secondary N) is 2. The summed E-state index contributed by atoms with van der Waals surface area (Å²) in [4.78, 5) is 9.46. The first-order chi connectivity index (χ1) is 14.0. The summed E-state index contributed by atoms with van der Waals surface area (Å²) in [5, 5.41) is 10.9. The van der Waals surface area contributed by atoms with E-state index in [0.29, 0.717) is 12.5 Å². The molecule has 0 aliphatic carbocycles. The third kappa shape index (κ3) is 6.80. The van der Waals surface area contributed by atoms with Crippen LogP contribution in [0.2, 0.25) is 5.02 Å². The lowest BCUT2D eigenvalue weighted by molar-refractivity contribution is 0.0514. The third-order valence-electron chi connectivity index (χ3n) is 5.36. The van der Waals surface area contributed by atoms with Gasteiger partial charge >= 0.3 is 0 Å². The van der Waals surface area contributed by atoms with E-state index in [-0.39, 0.29) is 29.4 Å². The lowest BCUT2D eigenvalue weighted by Gasteiger charge is -2.38. The molecule has 30 heavy (non-hydrogen) atoms. The molecule has 2 aromatic rings. The van der Waals surface area contributed by atoms with Gasteiger partial charge in [-0.3, -0.25) is 0 Å². The minimum absolute atomic E-state index is 0. The highest BCUT2D eigenvalue weighted by Gasteiger charge is 2.34. The lowest BCUT2D eigenvalue weighted by atomic mass is 9.74. The van der Waals surface area contributed by atoms with E-state index in [0.717, 1.165) is 60.8 Å². The molecule has 2 N–H and O–H groups in total. The summed E-state index contributed by atoms with van der Waals surface area (Å²) in [6, 6.07) is 8.22. The van der Waals surface area contributed by atoms with E-state index in [1.165, 1.54) is 5.56 Å². The molecule has 0 bridgehead atoms. The van der Waals surface area contributed by atoms with Crippen molar-refractivity contribution >= 4 is 52.9 Å². The molecular weight excluding hydrogens is 531 g/mol. The standard InChI is InChI=1S/C22H31ClN4OS.HI/c1-4-24-21(25-13-20-27-19(14-29-20)16(2)3)26-15-22(8-10-28-11-9-22)17-6-5-7-18(23)12-17;/h5-7,12,14,16H,4,8-11,13,15H2,1-3H3,(H2,24,25,26);1H. The second-order valence-corrected chi connectivity index (χ2v) is 9.15. The number of benzene rings is 1. The fraction of sp³-hybridized carbons (Fsp3) is 0.545. The van der Waals surface area contributed by atoms with Gasteiger partial charge in [-0.2, -0.15) is 0 Å². The fourth-order valence-electron chi connectivity index (χ4n) is 3.55. The van der Waals surface area contributed by atoms with Gasteiger partial charge < -0.3 is 15.4 Å². The van der Waals surface area contributed by atoms with Crippen molar-refractivity contribution in [2.45, 2.75) is 51.5 Å². The van der Waals surface area contributed by atoms with E-state index in [2.05, 4.69) is 53.9 Å². The Morgan fingerprint density at radius 1 is 1.30 bits per heavy atom. The summed E-state index contributed by atoms with van der Waals surface area (Å²) < 4.78 is 5.64. The average molecular weight is 563 g/mol. The lowest BCUT2D eigenvalue weighted by Crippen LogP contribution is -2.48. The molecule has 0 unspecified atom stereocenters. The maximum Gasteiger partial charge on any atom is 0.191 e. The summed E-state index contributed by atoms with van der Waals surface area (Å²) in [6.07, 6.45) is 1.92. The minimum Gasteiger partial charge on any atom is -0.381 e. The van der Waals surface area contributed by atoms with Crippen LogP contribution < -0.4 is 10.6 Å². The molecule has 5 nitrogen and oxygen atoms in total. The highest BCUT2D eigenvalue weighted by atomic mass is 127. The molecule has 8 heteroatoms. The van der Waals surface area contributed by atoms with Crippen molar-refractivity contribution in [1.82, 2.24) is 15.6 Å². The molecule has 1 aromatic carbocycles. The maximum absolute atomic E-state index is 6.29. The zero-order chi connectivity index (χ0) is 20.7. The van der Waals surface area contributed by atoms with E-state index in [1.54, 1.807) is 11.3 Å². The second-order valence-electron chi connectivity index (χ2n) is 7.77. The van der Waals surface area contributed by atoms with Crippen LogP contribution in [0.15, 0.2) is 34.6 Å². The molecule has 0 radical (unpaired) electrons. The monoisotopic (exact) mass is 562 g/mol. The Balaban J connectivity index is 0.00000320. The van der Waals surface area contributed by atoms with Crippen LogP contribution in [0.25, 0.3) is 0 Å². The van der Waals surface area contributed by atoms with Crippen molar-refractivity contribution in [2.75, 3.05) is 26.3 Å². The topological polar surface area (TPSA) is 58.5 Å². The Kier molecular flexibility index (Phi) is 10.3. The average Bonchev–Trinajstić information content (AvgIpc) is 3.20. The van der Waals surface area contributed by atoms with E-state index < -0.39 is 0 Å². The molecule has 166 valence electrons. The Bertz CT molecular complexity index is 821. The number of halogens is 2. The van der Waals surface area contributed by atoms with Gasteiger partial charge in [0, 0.05) is 42.1 Å². The minimum atomic E-state index is -0.00860. The van der Waals surface area contributed by atoms with Gasteiger partial charge in [0.2, 0.25) is 0 Å². The molecule has 2 heterocycles. The number of hydrogen-bond donors (Lipinski definition) is 2. The number of nitrogens with zero attached hydrogens (tertiary/aromatic N) is 2. The first-order valence-corrected chi connectivity index (χ1v) is 11.6. The van der Waals surface area contributed by atoms with Crippen LogP contribution in [0.4, 0.5) is 0 Å². The zero-order valence-electron chi connectivity index (χ0n) is 17.9. The van der Waals surface area contributed by atoms with Crippen LogP contribution in [0, 0.1) is 0 Å². The van der Waals surface area contributed by atoms with E-state index in [4.69, 9.17) is 21.3 Å². The van der Waals surface area contributed by atoms with Crippen LogP contribution in [-0.4, -0.2) is 37.2 Å². The number of guanidine groups is 1. The smallest absolute Gasteiger partial charge is 0.191 e. The van der Waals surface area contributed by atoms with Crippen LogP contribution in [0.1, 0.15) is 55.8 Å². The molecule has 1 saturated heterocycles. The Morgan fingerprint density at radius 3 is 2.70 bits per heavy atom. The second kappa shape index (κ2) is 12.2. The normalized spacial score (nSPS) is 16.2. The van der Waals surface area contributed by atoms with Crippen LogP contribution in [0.5, 0.6) is 0 Å². The predicted molar refractivity (Wildman–Crippen MR) is 138 cm³/mol. The molecule has 1 fully saturated rings. The van der Waals surface area contributed by atoms with Crippen LogP contribution in [0.3, 0.4) is 0 Å². The predicted octanol–water partition coefficient (Wildman–Crippen LogP) is 5.34. The molecule has 0 amide bonds. The van der Waals surface area contributed by atoms with Gasteiger partial charge in [-0.1, -0.05) is 37.6 Å². The van der Waals surface area contributed by atoms with Gasteiger partial charge in [0.05, 0.1) is 12.2 Å². The van der Waals surface area contributed by atoms with Crippen LogP contribution >= 0.6 is 46.9 Å². The van der Waals surface area contributed by atoms with Crippen molar-refractivity contribution in [3.63, 3.8) is 0 Å². The summed E-state index contributed by atoms with van der Waals surface area (Å²) in [5.41, 5.74) is 2.39. The molecular formula is C22H32ClIN4OS. The van der Waals surface area contributed by atoms with Gasteiger partial charge in [0.1, 0.15) is 5.01 Å². The Morgan fingerprint density at radius 2 is 2.07 bits per heavy atom. The molecule has 1 aromatic heterocycles. The Labute approximate surface area is 206 Å². The number of aliphatic imine (C=N–C) groups is 1. The molecule has 1 aliphatic heterocycles. The SMILES string of the molecule is CCNC(=NCc1nc(C(C)C)cs1)NCC1(c2cccc(Cl)c2)CCOCC1.I. The number of hydrogen-bond acceptors (Lipinski definition) is 4. The molecule has 3 rings (SSSR count). The van der Waals surface area contributed by atoms with Gasteiger partial charge in [-0.25, -0.2) is 9.98 Å². The summed E-state index contributed by atoms with van der Waals surface area (Å²) in [5.74, 6) is 1.27. The highest BCUT2D eigenvalue weighted by molar-refractivity contribution is 14.0. The van der Waals surface area contributed by atoms with Gasteiger partial charge in [0.15, 0.2) is 5.96 Å². The van der Waals surface area contributed by atoms with Crippen molar-refractivity contribution in [1.29, 1.82) is 0 Å². The van der Waals surface area contributed by atoms with Crippen LogP contribution in [-0.2, 0) is 16.7 Å². The number of ether oxygens (including phenoxy) is 1. The largest absolute Gasteiger partial charge is 0.381 e. The fourth-order valence-corrected chi connectivity index (χ4v) is 4.62. The highest BCUT2D eigenvalue weighted by Crippen LogP contribution is 2.35. The van der Waals surface area contributed by atoms with Gasteiger partial charge in [-0.15, -0.1) is 35.3 Å². The molecule has 0 saturated carbocycles. The number of rotatable bonds is 7. The molecule has 0 atom stereocenters. The van der Waals surface area contributed by atoms with Gasteiger partial charge in [0.25, 0.3) is 0 Å². The number of aromatic nitrogens is 1. The zero-order valence-corrected chi connectivity index (χ0v) is 21.8. The van der Waals surface area contributed by atoms with E-state index >= 15 is 0 Å². The summed E-state index contributed by atoms with van der Waals surface area (Å²) in [7, 11) is 0. The van der Waals surface area contributed by atoms with Gasteiger partial charge in [-0.05, 0) is 43.4 Å². The quantitative estimate of drug-likeness (QED) is 0.272. The third-order valence-corrected chi connectivity index (χ3v) is 6.45. The van der Waals surface area contributed by atoms with Crippen molar-refractivity contribution in [2.24, 2.45) is 4.99 Å². The molecule has 0 spiro atoms. The van der Waals surface area contributed by atoms with E-state index in [9.17, 15) is 0 Å². The summed E-state index contributed by atoms with van der Waals surface area (Å²) in [6.45, 7) is 10.1. The van der Waals surface area contributed by atoms with Crippen molar-refractivity contribution in [3.8, 4) is 0 Å². The maximum atomic E-state index is 6.29. The van der Waals surface area contributed by atoms with Crippen molar-refractivity contribution in [3.05, 3.63) is 50.9 Å². The first kappa shape index (κ1) is 25.4. The number of thiazole rings is 1. The van der Waals surface area contributed by atoms with Crippen molar-refractivity contribution < 1.29 is 4.74 Å².